The Hall–Kier alpha value is -2.47. The molecule has 1 aliphatic rings. The van der Waals surface area contributed by atoms with Crippen LogP contribution in [0, 0.1) is 0 Å². The molecule has 142 valence electrons. The van der Waals surface area contributed by atoms with E-state index in [1.165, 1.54) is 11.8 Å². The highest BCUT2D eigenvalue weighted by Gasteiger charge is 2.29. The molecule has 1 aliphatic carbocycles. The molecule has 0 heterocycles. The van der Waals surface area contributed by atoms with E-state index in [1.54, 1.807) is 0 Å². The van der Waals surface area contributed by atoms with Crippen LogP contribution in [0.4, 0.5) is 4.79 Å². The van der Waals surface area contributed by atoms with Crippen LogP contribution in [-0.4, -0.2) is 40.8 Å². The topological polar surface area (TPSA) is 75.6 Å². The van der Waals surface area contributed by atoms with Gasteiger partial charge in [0.05, 0.1) is 0 Å². The predicted octanol–water partition coefficient (Wildman–Crippen LogP) is 4.12. The molecule has 1 unspecified atom stereocenters. The minimum absolute atomic E-state index is 0.0449. The van der Waals surface area contributed by atoms with Crippen molar-refractivity contribution < 1.29 is 19.4 Å². The summed E-state index contributed by atoms with van der Waals surface area (Å²) in [7, 11) is 0. The highest BCUT2D eigenvalue weighted by atomic mass is 32.2. The zero-order chi connectivity index (χ0) is 19.4. The first-order valence-corrected chi connectivity index (χ1v) is 9.98. The van der Waals surface area contributed by atoms with Crippen molar-refractivity contribution in [1.82, 2.24) is 5.32 Å². The van der Waals surface area contributed by atoms with Crippen LogP contribution in [0.2, 0.25) is 0 Å². The minimum atomic E-state index is -1.06. The van der Waals surface area contributed by atoms with Gasteiger partial charge in [-0.05, 0) is 27.5 Å². The van der Waals surface area contributed by atoms with Crippen molar-refractivity contribution in [2.45, 2.75) is 31.1 Å². The number of nitrogens with one attached hydrogen (secondary N) is 1. The first-order valence-electron chi connectivity index (χ1n) is 8.93. The van der Waals surface area contributed by atoms with Gasteiger partial charge >= 0.3 is 12.1 Å². The number of alkyl carbamates (subject to hydrolysis) is 1. The lowest BCUT2D eigenvalue weighted by Gasteiger charge is -2.18. The molecule has 27 heavy (non-hydrogen) atoms. The van der Waals surface area contributed by atoms with E-state index in [9.17, 15) is 14.7 Å². The van der Waals surface area contributed by atoms with Crippen molar-refractivity contribution in [3.8, 4) is 11.1 Å². The van der Waals surface area contributed by atoms with E-state index >= 15 is 0 Å². The van der Waals surface area contributed by atoms with Crippen LogP contribution in [0.3, 0.4) is 0 Å². The Morgan fingerprint density at radius 3 is 2.15 bits per heavy atom. The molecular weight excluding hydrogens is 362 g/mol. The van der Waals surface area contributed by atoms with Gasteiger partial charge in [-0.15, -0.1) is 0 Å². The summed E-state index contributed by atoms with van der Waals surface area (Å²) < 4.78 is 5.40. The van der Waals surface area contributed by atoms with Crippen LogP contribution < -0.4 is 5.32 Å². The number of rotatable bonds is 7. The number of carbonyl (C=O) groups excluding carboxylic acids is 1. The SMILES string of the molecule is CC(C)SCC(NC(=O)OCC1c2ccccc2-c2ccccc21)C(=O)O. The van der Waals surface area contributed by atoms with Crippen molar-refractivity contribution in [1.29, 1.82) is 0 Å². The summed E-state index contributed by atoms with van der Waals surface area (Å²) in [4.78, 5) is 23.5. The third-order valence-corrected chi connectivity index (χ3v) is 5.72. The minimum Gasteiger partial charge on any atom is -0.480 e. The number of carboxylic acid groups (broad SMARTS) is 1. The highest BCUT2D eigenvalue weighted by Crippen LogP contribution is 2.44. The number of fused-ring (bicyclic) bond motifs is 3. The molecule has 0 saturated heterocycles. The molecule has 2 N–H and O–H groups in total. The van der Waals surface area contributed by atoms with Crippen molar-refractivity contribution in [2.75, 3.05) is 12.4 Å². The normalized spacial score (nSPS) is 13.7. The number of amides is 1. The maximum absolute atomic E-state index is 12.2. The molecule has 6 heteroatoms. The molecule has 2 aromatic carbocycles. The van der Waals surface area contributed by atoms with Crippen molar-refractivity contribution in [3.63, 3.8) is 0 Å². The zero-order valence-corrected chi connectivity index (χ0v) is 16.2. The third kappa shape index (κ3) is 4.45. The van der Waals surface area contributed by atoms with Crippen molar-refractivity contribution in [2.24, 2.45) is 0 Å². The standard InChI is InChI=1S/C21H23NO4S/c1-13(2)27-12-19(20(23)24)22-21(25)26-11-18-16-9-5-3-7-14(16)15-8-4-6-10-17(15)18/h3-10,13,18-19H,11-12H2,1-2H3,(H,22,25)(H,23,24). The molecule has 0 aliphatic heterocycles. The molecule has 2 aromatic rings. The van der Waals surface area contributed by atoms with Gasteiger partial charge in [-0.1, -0.05) is 62.4 Å². The van der Waals surface area contributed by atoms with E-state index in [1.807, 2.05) is 50.2 Å². The van der Waals surface area contributed by atoms with E-state index in [0.29, 0.717) is 5.75 Å². The fourth-order valence-corrected chi connectivity index (χ4v) is 4.05. The number of thioether (sulfide) groups is 1. The van der Waals surface area contributed by atoms with Gasteiger partial charge in [0, 0.05) is 11.7 Å². The average Bonchev–Trinajstić information content (AvgIpc) is 2.97. The lowest BCUT2D eigenvalue weighted by molar-refractivity contribution is -0.138. The zero-order valence-electron chi connectivity index (χ0n) is 15.3. The van der Waals surface area contributed by atoms with Gasteiger partial charge in [0.2, 0.25) is 0 Å². The van der Waals surface area contributed by atoms with Crippen LogP contribution in [0.5, 0.6) is 0 Å². The molecule has 3 rings (SSSR count). The Morgan fingerprint density at radius 1 is 1.07 bits per heavy atom. The number of ether oxygens (including phenoxy) is 1. The lowest BCUT2D eigenvalue weighted by atomic mass is 9.98. The Morgan fingerprint density at radius 2 is 1.63 bits per heavy atom. The number of aliphatic carboxylic acids is 1. The summed E-state index contributed by atoms with van der Waals surface area (Å²) in [6.07, 6.45) is -0.700. The molecule has 1 amide bonds. The van der Waals surface area contributed by atoms with Gasteiger partial charge in [-0.25, -0.2) is 9.59 Å². The molecule has 0 bridgehead atoms. The van der Waals surface area contributed by atoms with Gasteiger partial charge < -0.3 is 15.2 Å². The lowest BCUT2D eigenvalue weighted by Crippen LogP contribution is -2.43. The van der Waals surface area contributed by atoms with E-state index in [-0.39, 0.29) is 17.8 Å². The molecule has 1 atom stereocenters. The van der Waals surface area contributed by atoms with Gasteiger partial charge in [0.25, 0.3) is 0 Å². The number of carbonyl (C=O) groups is 2. The molecule has 0 radical (unpaired) electrons. The quantitative estimate of drug-likeness (QED) is 0.750. The van der Waals surface area contributed by atoms with Gasteiger partial charge in [0.1, 0.15) is 12.6 Å². The average molecular weight is 385 g/mol. The fourth-order valence-electron chi connectivity index (χ4n) is 3.25. The first kappa shape index (κ1) is 19.3. The Balaban J connectivity index is 1.66. The maximum Gasteiger partial charge on any atom is 0.407 e. The summed E-state index contributed by atoms with van der Waals surface area (Å²) in [6, 6.07) is 15.2. The highest BCUT2D eigenvalue weighted by molar-refractivity contribution is 7.99. The molecule has 0 aromatic heterocycles. The molecule has 0 saturated carbocycles. The summed E-state index contributed by atoms with van der Waals surface area (Å²) in [5, 5.41) is 12.0. The van der Waals surface area contributed by atoms with Crippen molar-refractivity contribution in [3.05, 3.63) is 59.7 Å². The Bertz CT molecular complexity index is 791. The second kappa shape index (κ2) is 8.48. The van der Waals surface area contributed by atoms with Crippen molar-refractivity contribution >= 4 is 23.8 Å². The van der Waals surface area contributed by atoms with E-state index in [4.69, 9.17) is 4.74 Å². The van der Waals surface area contributed by atoms with Gasteiger partial charge in [-0.3, -0.25) is 0 Å². The summed E-state index contributed by atoms with van der Waals surface area (Å²) in [5.74, 6) is -0.801. The van der Waals surface area contributed by atoms with E-state index < -0.39 is 18.1 Å². The molecule has 0 spiro atoms. The van der Waals surface area contributed by atoms with Crippen LogP contribution in [-0.2, 0) is 9.53 Å². The molecule has 0 fully saturated rings. The van der Waals surface area contributed by atoms with Crippen LogP contribution in [0.15, 0.2) is 48.5 Å². The number of benzene rings is 2. The van der Waals surface area contributed by atoms with Crippen LogP contribution in [0.1, 0.15) is 30.9 Å². The smallest absolute Gasteiger partial charge is 0.407 e. The monoisotopic (exact) mass is 385 g/mol. The molecule has 5 nitrogen and oxygen atoms in total. The van der Waals surface area contributed by atoms with E-state index in [0.717, 1.165) is 22.3 Å². The number of hydrogen-bond donors (Lipinski definition) is 2. The van der Waals surface area contributed by atoms with Crippen LogP contribution >= 0.6 is 11.8 Å². The van der Waals surface area contributed by atoms with Gasteiger partial charge in [-0.2, -0.15) is 11.8 Å². The summed E-state index contributed by atoms with van der Waals surface area (Å²) in [5.41, 5.74) is 4.55. The summed E-state index contributed by atoms with van der Waals surface area (Å²) in [6.45, 7) is 4.14. The summed E-state index contributed by atoms with van der Waals surface area (Å²) >= 11 is 1.48. The maximum atomic E-state index is 12.2. The first-order chi connectivity index (χ1) is 13.0. The number of hydrogen-bond acceptors (Lipinski definition) is 4. The fraction of sp³-hybridized carbons (Fsp3) is 0.333. The number of carboxylic acids is 1. The van der Waals surface area contributed by atoms with E-state index in [2.05, 4.69) is 17.4 Å². The Kier molecular flexibility index (Phi) is 6.06. The molecular formula is C21H23NO4S. The Labute approximate surface area is 163 Å². The second-order valence-electron chi connectivity index (χ2n) is 6.74. The predicted molar refractivity (Wildman–Crippen MR) is 107 cm³/mol. The third-order valence-electron chi connectivity index (χ3n) is 4.53. The van der Waals surface area contributed by atoms with Gasteiger partial charge in [0.15, 0.2) is 0 Å². The second-order valence-corrected chi connectivity index (χ2v) is 8.35. The van der Waals surface area contributed by atoms with Crippen LogP contribution in [0.25, 0.3) is 11.1 Å². The largest absolute Gasteiger partial charge is 0.480 e.